The standard InChI is InChI=1S/C18H27NO/c1-2-19-17-9-5-6-10-18(17)20-16-12-11-14-7-3-4-8-15(14)13-16/h11-13,17-19H,2-10H2,1H3. The van der Waals surface area contributed by atoms with E-state index in [1.807, 2.05) is 0 Å². The zero-order valence-electron chi connectivity index (χ0n) is 12.7. The third kappa shape index (κ3) is 3.17. The van der Waals surface area contributed by atoms with Gasteiger partial charge in [0.05, 0.1) is 0 Å². The molecule has 0 saturated heterocycles. The predicted octanol–water partition coefficient (Wildman–Crippen LogP) is 3.86. The lowest BCUT2D eigenvalue weighted by Gasteiger charge is -2.32. The van der Waals surface area contributed by atoms with Crippen LogP contribution in [0.4, 0.5) is 0 Å². The van der Waals surface area contributed by atoms with Crippen LogP contribution in [0.2, 0.25) is 0 Å². The van der Waals surface area contributed by atoms with E-state index in [2.05, 4.69) is 30.4 Å². The Morgan fingerprint density at radius 2 is 1.85 bits per heavy atom. The molecule has 1 aromatic rings. The summed E-state index contributed by atoms with van der Waals surface area (Å²) in [6.45, 7) is 3.22. The summed E-state index contributed by atoms with van der Waals surface area (Å²) >= 11 is 0. The fourth-order valence-corrected chi connectivity index (χ4v) is 3.69. The van der Waals surface area contributed by atoms with Crippen LogP contribution in [0.3, 0.4) is 0 Å². The molecule has 2 atom stereocenters. The lowest BCUT2D eigenvalue weighted by molar-refractivity contribution is 0.115. The Hall–Kier alpha value is -1.02. The van der Waals surface area contributed by atoms with Gasteiger partial charge < -0.3 is 10.1 Å². The van der Waals surface area contributed by atoms with Gasteiger partial charge in [0.25, 0.3) is 0 Å². The highest BCUT2D eigenvalue weighted by Gasteiger charge is 2.26. The molecular formula is C18H27NO. The second-order valence-corrected chi connectivity index (χ2v) is 6.24. The van der Waals surface area contributed by atoms with Gasteiger partial charge in [-0.25, -0.2) is 0 Å². The van der Waals surface area contributed by atoms with Crippen LogP contribution in [-0.2, 0) is 12.8 Å². The summed E-state index contributed by atoms with van der Waals surface area (Å²) in [5, 5.41) is 3.59. The second kappa shape index (κ2) is 6.62. The Kier molecular flexibility index (Phi) is 4.62. The first-order valence-electron chi connectivity index (χ1n) is 8.38. The summed E-state index contributed by atoms with van der Waals surface area (Å²) < 4.78 is 6.32. The number of aryl methyl sites for hydroxylation is 2. The van der Waals surface area contributed by atoms with Gasteiger partial charge in [0, 0.05) is 6.04 Å². The molecule has 2 aliphatic carbocycles. The molecule has 0 heterocycles. The lowest BCUT2D eigenvalue weighted by Crippen LogP contribution is -2.45. The Balaban J connectivity index is 1.69. The minimum absolute atomic E-state index is 0.352. The van der Waals surface area contributed by atoms with Crippen molar-refractivity contribution >= 4 is 0 Å². The molecule has 1 fully saturated rings. The van der Waals surface area contributed by atoms with E-state index in [0.717, 1.165) is 12.3 Å². The molecule has 0 radical (unpaired) electrons. The summed E-state index contributed by atoms with van der Waals surface area (Å²) in [4.78, 5) is 0. The van der Waals surface area contributed by atoms with E-state index in [-0.39, 0.29) is 0 Å². The lowest BCUT2D eigenvalue weighted by atomic mass is 9.91. The van der Waals surface area contributed by atoms with E-state index >= 15 is 0 Å². The summed E-state index contributed by atoms with van der Waals surface area (Å²) in [6.07, 6.45) is 10.6. The van der Waals surface area contributed by atoms with Crippen molar-refractivity contribution in [1.29, 1.82) is 0 Å². The topological polar surface area (TPSA) is 21.3 Å². The van der Waals surface area contributed by atoms with Crippen molar-refractivity contribution in [2.75, 3.05) is 6.54 Å². The van der Waals surface area contributed by atoms with E-state index in [1.165, 1.54) is 62.5 Å². The summed E-state index contributed by atoms with van der Waals surface area (Å²) in [5.41, 5.74) is 3.06. The molecule has 0 bridgehead atoms. The average molecular weight is 273 g/mol. The van der Waals surface area contributed by atoms with Crippen molar-refractivity contribution in [3.8, 4) is 5.75 Å². The first kappa shape index (κ1) is 13.9. The Labute approximate surface area is 122 Å². The van der Waals surface area contributed by atoms with Crippen LogP contribution in [-0.4, -0.2) is 18.7 Å². The number of hydrogen-bond acceptors (Lipinski definition) is 2. The maximum Gasteiger partial charge on any atom is 0.120 e. The molecule has 0 spiro atoms. The summed E-state index contributed by atoms with van der Waals surface area (Å²) in [6, 6.07) is 7.30. The molecular weight excluding hydrogens is 246 g/mol. The minimum atomic E-state index is 0.352. The molecule has 0 aromatic heterocycles. The molecule has 2 heteroatoms. The number of benzene rings is 1. The highest BCUT2D eigenvalue weighted by Crippen LogP contribution is 2.28. The van der Waals surface area contributed by atoms with Crippen LogP contribution in [0.1, 0.15) is 56.6 Å². The van der Waals surface area contributed by atoms with Crippen LogP contribution in [0.15, 0.2) is 18.2 Å². The molecule has 1 aromatic carbocycles. The molecule has 0 amide bonds. The molecule has 20 heavy (non-hydrogen) atoms. The second-order valence-electron chi connectivity index (χ2n) is 6.24. The summed E-state index contributed by atoms with van der Waals surface area (Å²) in [5.74, 6) is 1.08. The minimum Gasteiger partial charge on any atom is -0.489 e. The van der Waals surface area contributed by atoms with Gasteiger partial charge in [-0.15, -0.1) is 0 Å². The van der Waals surface area contributed by atoms with Gasteiger partial charge in [-0.1, -0.05) is 19.4 Å². The van der Waals surface area contributed by atoms with Crippen molar-refractivity contribution in [1.82, 2.24) is 5.32 Å². The van der Waals surface area contributed by atoms with Gasteiger partial charge in [0.2, 0.25) is 0 Å². The normalized spacial score (nSPS) is 26.1. The quantitative estimate of drug-likeness (QED) is 0.899. The van der Waals surface area contributed by atoms with E-state index < -0.39 is 0 Å². The van der Waals surface area contributed by atoms with E-state index in [4.69, 9.17) is 4.74 Å². The van der Waals surface area contributed by atoms with Crippen molar-refractivity contribution in [2.24, 2.45) is 0 Å². The Bertz CT molecular complexity index is 441. The molecule has 110 valence electrons. The van der Waals surface area contributed by atoms with Gasteiger partial charge >= 0.3 is 0 Å². The van der Waals surface area contributed by atoms with Crippen LogP contribution in [0.25, 0.3) is 0 Å². The highest BCUT2D eigenvalue weighted by molar-refractivity contribution is 5.37. The van der Waals surface area contributed by atoms with E-state index in [9.17, 15) is 0 Å². The number of hydrogen-bond donors (Lipinski definition) is 1. The summed E-state index contributed by atoms with van der Waals surface area (Å²) in [7, 11) is 0. The fourth-order valence-electron chi connectivity index (χ4n) is 3.69. The molecule has 2 unspecified atom stereocenters. The van der Waals surface area contributed by atoms with Gasteiger partial charge in [-0.3, -0.25) is 0 Å². The first-order valence-corrected chi connectivity index (χ1v) is 8.38. The maximum atomic E-state index is 6.32. The van der Waals surface area contributed by atoms with Crippen molar-refractivity contribution in [3.63, 3.8) is 0 Å². The van der Waals surface area contributed by atoms with E-state index in [0.29, 0.717) is 12.1 Å². The molecule has 0 aliphatic heterocycles. The van der Waals surface area contributed by atoms with Crippen LogP contribution < -0.4 is 10.1 Å². The SMILES string of the molecule is CCNC1CCCCC1Oc1ccc2c(c1)CCCC2. The Morgan fingerprint density at radius 3 is 2.70 bits per heavy atom. The first-order chi connectivity index (χ1) is 9.86. The molecule has 1 saturated carbocycles. The van der Waals surface area contributed by atoms with Gasteiger partial charge in [-0.05, 0) is 74.8 Å². The van der Waals surface area contributed by atoms with Crippen molar-refractivity contribution in [2.45, 2.75) is 70.4 Å². The third-order valence-corrected chi connectivity index (χ3v) is 4.78. The molecule has 3 rings (SSSR count). The average Bonchev–Trinajstić information content (AvgIpc) is 2.49. The third-order valence-electron chi connectivity index (χ3n) is 4.78. The highest BCUT2D eigenvalue weighted by atomic mass is 16.5. The molecule has 2 aliphatic rings. The maximum absolute atomic E-state index is 6.32. The number of rotatable bonds is 4. The fraction of sp³-hybridized carbons (Fsp3) is 0.667. The van der Waals surface area contributed by atoms with Gasteiger partial charge in [0.15, 0.2) is 0 Å². The number of likely N-dealkylation sites (N-methyl/N-ethyl adjacent to an activating group) is 1. The van der Waals surface area contributed by atoms with Crippen LogP contribution in [0.5, 0.6) is 5.75 Å². The monoisotopic (exact) mass is 273 g/mol. The zero-order valence-corrected chi connectivity index (χ0v) is 12.7. The molecule has 1 N–H and O–H groups in total. The largest absolute Gasteiger partial charge is 0.489 e. The van der Waals surface area contributed by atoms with Gasteiger partial charge in [-0.2, -0.15) is 0 Å². The zero-order chi connectivity index (χ0) is 13.8. The smallest absolute Gasteiger partial charge is 0.120 e. The van der Waals surface area contributed by atoms with Crippen molar-refractivity contribution < 1.29 is 4.74 Å². The number of ether oxygens (including phenoxy) is 1. The predicted molar refractivity (Wildman–Crippen MR) is 83.4 cm³/mol. The van der Waals surface area contributed by atoms with Crippen molar-refractivity contribution in [3.05, 3.63) is 29.3 Å². The number of fused-ring (bicyclic) bond motifs is 1. The van der Waals surface area contributed by atoms with Crippen LogP contribution in [0, 0.1) is 0 Å². The van der Waals surface area contributed by atoms with E-state index in [1.54, 1.807) is 0 Å². The van der Waals surface area contributed by atoms with Gasteiger partial charge in [0.1, 0.15) is 11.9 Å². The number of nitrogens with one attached hydrogen (secondary N) is 1. The molecule has 2 nitrogen and oxygen atoms in total. The Morgan fingerprint density at radius 1 is 1.05 bits per heavy atom. The van der Waals surface area contributed by atoms with Crippen LogP contribution >= 0.6 is 0 Å².